The van der Waals surface area contributed by atoms with E-state index in [1.165, 1.54) is 0 Å². The molecule has 28 heavy (non-hydrogen) atoms. The lowest BCUT2D eigenvalue weighted by atomic mass is 9.96. The molecule has 2 amide bonds. The van der Waals surface area contributed by atoms with E-state index >= 15 is 0 Å². The number of aromatic nitrogens is 2. The molecule has 0 spiro atoms. The first-order chi connectivity index (χ1) is 13.6. The molecular formula is C20H24N4O4. The van der Waals surface area contributed by atoms with E-state index in [0.717, 1.165) is 11.5 Å². The topological polar surface area (TPSA) is 85.7 Å². The number of ether oxygens (including phenoxy) is 2. The molecule has 4 rings (SSSR count). The minimum atomic E-state index is -0.144. The summed E-state index contributed by atoms with van der Waals surface area (Å²) in [6.07, 6.45) is 4.67. The minimum Gasteiger partial charge on any atom is -0.486 e. The summed E-state index contributed by atoms with van der Waals surface area (Å²) >= 11 is 0. The van der Waals surface area contributed by atoms with Gasteiger partial charge in [0.1, 0.15) is 6.61 Å². The molecule has 1 saturated heterocycles. The van der Waals surface area contributed by atoms with Crippen LogP contribution in [-0.4, -0.2) is 52.3 Å². The van der Waals surface area contributed by atoms with Crippen molar-refractivity contribution in [2.75, 3.05) is 25.0 Å². The van der Waals surface area contributed by atoms with Crippen molar-refractivity contribution in [1.82, 2.24) is 14.7 Å². The zero-order valence-electron chi connectivity index (χ0n) is 15.8. The second-order valence-electron chi connectivity index (χ2n) is 7.22. The fraction of sp³-hybridized carbons (Fsp3) is 0.450. The molecule has 0 aliphatic carbocycles. The van der Waals surface area contributed by atoms with Gasteiger partial charge < -0.3 is 19.7 Å². The summed E-state index contributed by atoms with van der Waals surface area (Å²) in [6.45, 7) is 3.81. The molecule has 1 aromatic carbocycles. The van der Waals surface area contributed by atoms with Gasteiger partial charge in [-0.2, -0.15) is 5.10 Å². The van der Waals surface area contributed by atoms with E-state index in [9.17, 15) is 9.59 Å². The van der Waals surface area contributed by atoms with E-state index in [0.29, 0.717) is 44.8 Å². The highest BCUT2D eigenvalue weighted by molar-refractivity contribution is 5.92. The summed E-state index contributed by atoms with van der Waals surface area (Å²) in [7, 11) is 0. The van der Waals surface area contributed by atoms with Gasteiger partial charge in [-0.05, 0) is 25.0 Å². The van der Waals surface area contributed by atoms with Crippen LogP contribution in [0.25, 0.3) is 0 Å². The van der Waals surface area contributed by atoms with Gasteiger partial charge in [0.05, 0.1) is 18.4 Å². The lowest BCUT2D eigenvalue weighted by molar-refractivity contribution is -0.132. The van der Waals surface area contributed by atoms with Crippen molar-refractivity contribution in [3.63, 3.8) is 0 Å². The van der Waals surface area contributed by atoms with Crippen molar-refractivity contribution in [2.45, 2.75) is 32.4 Å². The molecule has 0 radical (unpaired) electrons. The van der Waals surface area contributed by atoms with Crippen LogP contribution in [0.5, 0.6) is 11.5 Å². The Bertz CT molecular complexity index is 857. The molecule has 1 aromatic heterocycles. The molecule has 2 aromatic rings. The summed E-state index contributed by atoms with van der Waals surface area (Å²) in [4.78, 5) is 25.7. The molecule has 8 nitrogen and oxygen atoms in total. The Labute approximate surface area is 163 Å². The normalized spacial score (nSPS) is 19.3. The number of nitrogens with one attached hydrogen (secondary N) is 1. The van der Waals surface area contributed by atoms with Crippen LogP contribution in [0.2, 0.25) is 0 Å². The predicted molar refractivity (Wildman–Crippen MR) is 102 cm³/mol. The first kappa shape index (κ1) is 18.3. The van der Waals surface area contributed by atoms with Gasteiger partial charge in [-0.15, -0.1) is 0 Å². The maximum absolute atomic E-state index is 12.5. The predicted octanol–water partition coefficient (Wildman–Crippen LogP) is 1.92. The van der Waals surface area contributed by atoms with Gasteiger partial charge >= 0.3 is 0 Å². The molecule has 1 atom stereocenters. The quantitative estimate of drug-likeness (QED) is 0.870. The van der Waals surface area contributed by atoms with E-state index in [1.54, 1.807) is 28.9 Å². The van der Waals surface area contributed by atoms with E-state index in [2.05, 4.69) is 10.4 Å². The molecular weight excluding hydrogens is 360 g/mol. The largest absolute Gasteiger partial charge is 0.486 e. The highest BCUT2D eigenvalue weighted by Crippen LogP contribution is 2.31. The van der Waals surface area contributed by atoms with Gasteiger partial charge in [-0.1, -0.05) is 12.1 Å². The molecule has 0 bridgehead atoms. The number of amides is 2. The Morgan fingerprint density at radius 2 is 1.96 bits per heavy atom. The molecule has 1 N–H and O–H groups in total. The summed E-state index contributed by atoms with van der Waals surface area (Å²) < 4.78 is 13.4. The third-order valence-corrected chi connectivity index (χ3v) is 5.17. The molecule has 1 unspecified atom stereocenters. The molecule has 2 aliphatic heterocycles. The smallest absolute Gasteiger partial charge is 0.227 e. The molecule has 8 heteroatoms. The highest BCUT2D eigenvalue weighted by Gasteiger charge is 2.26. The lowest BCUT2D eigenvalue weighted by Gasteiger charge is -2.30. The number of hydrogen-bond donors (Lipinski definition) is 1. The third-order valence-electron chi connectivity index (χ3n) is 5.17. The van der Waals surface area contributed by atoms with Crippen molar-refractivity contribution in [1.29, 1.82) is 0 Å². The van der Waals surface area contributed by atoms with Crippen LogP contribution >= 0.6 is 0 Å². The van der Waals surface area contributed by atoms with Crippen LogP contribution in [0.1, 0.15) is 19.8 Å². The van der Waals surface area contributed by atoms with Gasteiger partial charge in [0, 0.05) is 32.1 Å². The Hall–Kier alpha value is -3.03. The van der Waals surface area contributed by atoms with Crippen LogP contribution in [0, 0.1) is 5.92 Å². The number of nitrogens with zero attached hydrogens (tertiary/aromatic N) is 3. The number of carbonyl (C=O) groups excluding carboxylic acids is 2. The Morgan fingerprint density at radius 1 is 1.21 bits per heavy atom. The number of piperidine rings is 1. The van der Waals surface area contributed by atoms with Gasteiger partial charge in [-0.3, -0.25) is 14.3 Å². The van der Waals surface area contributed by atoms with E-state index in [4.69, 9.17) is 9.47 Å². The van der Waals surface area contributed by atoms with Crippen LogP contribution in [0.3, 0.4) is 0 Å². The molecule has 2 aliphatic rings. The maximum atomic E-state index is 12.5. The zero-order valence-corrected chi connectivity index (χ0v) is 15.8. The lowest BCUT2D eigenvalue weighted by Crippen LogP contribution is -2.40. The number of hydrogen-bond acceptors (Lipinski definition) is 5. The fourth-order valence-corrected chi connectivity index (χ4v) is 3.59. The second-order valence-corrected chi connectivity index (χ2v) is 7.22. The monoisotopic (exact) mass is 384 g/mol. The maximum Gasteiger partial charge on any atom is 0.227 e. The Balaban J connectivity index is 1.29. The Kier molecular flexibility index (Phi) is 5.18. The first-order valence-electron chi connectivity index (χ1n) is 9.56. The number of fused-ring (bicyclic) bond motifs is 1. The van der Waals surface area contributed by atoms with Crippen molar-refractivity contribution in [3.05, 3.63) is 36.7 Å². The van der Waals surface area contributed by atoms with E-state index in [1.807, 2.05) is 24.3 Å². The number of likely N-dealkylation sites (tertiary alicyclic amines) is 1. The SMILES string of the molecule is CC(=O)N1CCC(C(=O)Nc2cnn(CC3COc4ccccc4O3)c2)CC1. The van der Waals surface area contributed by atoms with Crippen LogP contribution in [0.4, 0.5) is 5.69 Å². The first-order valence-corrected chi connectivity index (χ1v) is 9.56. The average molecular weight is 384 g/mol. The number of anilines is 1. The van der Waals surface area contributed by atoms with Crippen LogP contribution in [-0.2, 0) is 16.1 Å². The van der Waals surface area contributed by atoms with Crippen LogP contribution in [0.15, 0.2) is 36.7 Å². The van der Waals surface area contributed by atoms with E-state index in [-0.39, 0.29) is 23.8 Å². The van der Waals surface area contributed by atoms with Gasteiger partial charge in [0.25, 0.3) is 0 Å². The number of benzene rings is 1. The summed E-state index contributed by atoms with van der Waals surface area (Å²) in [5, 5.41) is 7.24. The summed E-state index contributed by atoms with van der Waals surface area (Å²) in [5.41, 5.74) is 0.663. The summed E-state index contributed by atoms with van der Waals surface area (Å²) in [5.74, 6) is 1.45. The highest BCUT2D eigenvalue weighted by atomic mass is 16.6. The van der Waals surface area contributed by atoms with Crippen molar-refractivity contribution >= 4 is 17.5 Å². The van der Waals surface area contributed by atoms with Crippen LogP contribution < -0.4 is 14.8 Å². The molecule has 0 saturated carbocycles. The molecule has 148 valence electrons. The Morgan fingerprint density at radius 3 is 2.71 bits per heavy atom. The summed E-state index contributed by atoms with van der Waals surface area (Å²) in [6, 6.07) is 7.59. The standard InChI is InChI=1S/C20H24N4O4/c1-14(25)23-8-6-15(7-9-23)20(26)22-16-10-21-24(11-16)12-17-13-27-18-4-2-3-5-19(18)28-17/h2-5,10-11,15,17H,6-9,12-13H2,1H3,(H,22,26). The fourth-order valence-electron chi connectivity index (χ4n) is 3.59. The van der Waals surface area contributed by atoms with Crippen molar-refractivity contribution in [2.24, 2.45) is 5.92 Å². The zero-order chi connectivity index (χ0) is 19.5. The number of rotatable bonds is 4. The van der Waals surface area contributed by atoms with Crippen molar-refractivity contribution in [3.8, 4) is 11.5 Å². The second kappa shape index (κ2) is 7.92. The van der Waals surface area contributed by atoms with Gasteiger partial charge in [0.15, 0.2) is 17.6 Å². The van der Waals surface area contributed by atoms with Gasteiger partial charge in [0.2, 0.25) is 11.8 Å². The molecule has 1 fully saturated rings. The number of para-hydroxylation sites is 2. The average Bonchev–Trinajstić information content (AvgIpc) is 3.14. The van der Waals surface area contributed by atoms with Crippen molar-refractivity contribution < 1.29 is 19.1 Å². The molecule has 3 heterocycles. The third kappa shape index (κ3) is 4.11. The van der Waals surface area contributed by atoms with Gasteiger partial charge in [-0.25, -0.2) is 0 Å². The van der Waals surface area contributed by atoms with E-state index < -0.39 is 0 Å². The minimum absolute atomic E-state index is 0.0195. The number of carbonyl (C=O) groups is 2.